The van der Waals surface area contributed by atoms with E-state index in [0.29, 0.717) is 32.1 Å². The van der Waals surface area contributed by atoms with E-state index in [4.69, 9.17) is 0 Å². The van der Waals surface area contributed by atoms with E-state index in [1.807, 2.05) is 0 Å². The first-order valence-electron chi connectivity index (χ1n) is 4.91. The molecule has 0 aliphatic heterocycles. The van der Waals surface area contributed by atoms with Gasteiger partial charge in [-0.2, -0.15) is 0 Å². The second-order valence-electron chi connectivity index (χ2n) is 3.76. The van der Waals surface area contributed by atoms with E-state index in [2.05, 4.69) is 6.58 Å². The Morgan fingerprint density at radius 2 is 2.43 bits per heavy atom. The van der Waals surface area contributed by atoms with Gasteiger partial charge in [0.05, 0.1) is 0 Å². The number of rotatable bonds is 5. The van der Waals surface area contributed by atoms with E-state index < -0.39 is 6.04 Å². The van der Waals surface area contributed by atoms with Crippen molar-refractivity contribution in [3.63, 3.8) is 0 Å². The molecule has 0 spiro atoms. The normalized spacial score (nSPS) is 23.4. The van der Waals surface area contributed by atoms with Crippen molar-refractivity contribution in [2.24, 2.45) is 5.92 Å². The van der Waals surface area contributed by atoms with Gasteiger partial charge in [0.25, 0.3) is 0 Å². The van der Waals surface area contributed by atoms with Crippen LogP contribution in [-0.4, -0.2) is 16.7 Å². The number of allylic oxidation sites excluding steroid dienone is 1. The van der Waals surface area contributed by atoms with Crippen molar-refractivity contribution in [3.05, 3.63) is 22.8 Å². The number of carbonyl (C=O) groups is 1. The van der Waals surface area contributed by atoms with Crippen molar-refractivity contribution >= 4 is 5.78 Å². The molecule has 4 heteroatoms. The van der Waals surface area contributed by atoms with Crippen molar-refractivity contribution in [3.8, 4) is 0 Å². The predicted octanol–water partition coefficient (Wildman–Crippen LogP) is 1.97. The van der Waals surface area contributed by atoms with Crippen LogP contribution >= 0.6 is 0 Å². The van der Waals surface area contributed by atoms with E-state index in [0.717, 1.165) is 0 Å². The summed E-state index contributed by atoms with van der Waals surface area (Å²) in [5.74, 6) is 0.123. The molecule has 0 saturated heterocycles. The fraction of sp³-hybridized carbons (Fsp3) is 0.700. The lowest BCUT2D eigenvalue weighted by Crippen LogP contribution is -2.27. The first-order chi connectivity index (χ1) is 6.65. The van der Waals surface area contributed by atoms with Gasteiger partial charge in [-0.15, -0.1) is 6.58 Å². The molecule has 0 bridgehead atoms. The molecular formula is C10H15NO3. The number of nitrogens with zero attached hydrogens (tertiary/aromatic N) is 1. The highest BCUT2D eigenvalue weighted by Gasteiger charge is 2.36. The SMILES string of the molecule is C=CCCC([C@@H]1CCC(=O)C1)[N+](=O)[O-]. The van der Waals surface area contributed by atoms with Gasteiger partial charge in [-0.05, 0) is 12.8 Å². The minimum atomic E-state index is -0.556. The summed E-state index contributed by atoms with van der Waals surface area (Å²) in [4.78, 5) is 21.5. The lowest BCUT2D eigenvalue weighted by molar-refractivity contribution is -0.532. The van der Waals surface area contributed by atoms with Crippen LogP contribution in [0.3, 0.4) is 0 Å². The van der Waals surface area contributed by atoms with E-state index >= 15 is 0 Å². The van der Waals surface area contributed by atoms with Crippen molar-refractivity contribution in [2.45, 2.75) is 38.1 Å². The Morgan fingerprint density at radius 3 is 2.86 bits per heavy atom. The highest BCUT2D eigenvalue weighted by atomic mass is 16.6. The molecule has 1 aliphatic carbocycles. The Morgan fingerprint density at radius 1 is 1.71 bits per heavy atom. The Hall–Kier alpha value is -1.19. The summed E-state index contributed by atoms with van der Waals surface area (Å²) in [6.45, 7) is 3.54. The third kappa shape index (κ3) is 2.65. The Balaban J connectivity index is 2.53. The van der Waals surface area contributed by atoms with Gasteiger partial charge in [0.2, 0.25) is 6.04 Å². The molecular weight excluding hydrogens is 182 g/mol. The van der Waals surface area contributed by atoms with Gasteiger partial charge in [0, 0.05) is 30.1 Å². The maximum atomic E-state index is 11.0. The first kappa shape index (κ1) is 10.9. The molecule has 1 aliphatic rings. The summed E-state index contributed by atoms with van der Waals surface area (Å²) in [5, 5.41) is 10.8. The van der Waals surface area contributed by atoms with Crippen LogP contribution in [0.15, 0.2) is 12.7 Å². The highest BCUT2D eigenvalue weighted by Crippen LogP contribution is 2.28. The molecule has 0 aromatic heterocycles. The quantitative estimate of drug-likeness (QED) is 0.384. The van der Waals surface area contributed by atoms with Gasteiger partial charge in [-0.1, -0.05) is 6.08 Å². The van der Waals surface area contributed by atoms with Crippen LogP contribution in [0.5, 0.6) is 0 Å². The Kier molecular flexibility index (Phi) is 3.80. The number of Topliss-reactive ketones (excluding diaryl/α,β-unsaturated/α-hetero) is 1. The maximum absolute atomic E-state index is 11.0. The minimum Gasteiger partial charge on any atom is -0.300 e. The number of hydrogen-bond donors (Lipinski definition) is 0. The van der Waals surface area contributed by atoms with Gasteiger partial charge in [0.15, 0.2) is 0 Å². The smallest absolute Gasteiger partial charge is 0.216 e. The molecule has 0 aromatic rings. The van der Waals surface area contributed by atoms with Gasteiger partial charge >= 0.3 is 0 Å². The van der Waals surface area contributed by atoms with Crippen molar-refractivity contribution < 1.29 is 9.72 Å². The second kappa shape index (κ2) is 4.88. The van der Waals surface area contributed by atoms with Crippen molar-refractivity contribution in [1.29, 1.82) is 0 Å². The number of hydrogen-bond acceptors (Lipinski definition) is 3. The van der Waals surface area contributed by atoms with Crippen LogP contribution < -0.4 is 0 Å². The fourth-order valence-electron chi connectivity index (χ4n) is 1.97. The largest absolute Gasteiger partial charge is 0.300 e. The van der Waals surface area contributed by atoms with E-state index in [1.165, 1.54) is 0 Å². The van der Waals surface area contributed by atoms with E-state index in [9.17, 15) is 14.9 Å². The Bertz CT molecular complexity index is 250. The lowest BCUT2D eigenvalue weighted by Gasteiger charge is -2.13. The second-order valence-corrected chi connectivity index (χ2v) is 3.76. The summed E-state index contributed by atoms with van der Waals surface area (Å²) in [7, 11) is 0. The average molecular weight is 197 g/mol. The molecule has 14 heavy (non-hydrogen) atoms. The molecule has 0 amide bonds. The number of carbonyl (C=O) groups excluding carboxylic acids is 1. The molecule has 1 saturated carbocycles. The standard InChI is InChI=1S/C10H15NO3/c1-2-3-4-10(11(13)14)8-5-6-9(12)7-8/h2,8,10H,1,3-7H2/t8-,10?/m1/s1. The van der Waals surface area contributed by atoms with E-state index in [1.54, 1.807) is 6.08 Å². The van der Waals surface area contributed by atoms with Crippen LogP contribution in [0, 0.1) is 16.0 Å². The number of ketones is 1. The molecule has 0 N–H and O–H groups in total. The summed E-state index contributed by atoms with van der Waals surface area (Å²) < 4.78 is 0. The molecule has 0 heterocycles. The molecule has 2 atom stereocenters. The maximum Gasteiger partial charge on any atom is 0.216 e. The summed E-state index contributed by atoms with van der Waals surface area (Å²) in [6.07, 6.45) is 4.44. The highest BCUT2D eigenvalue weighted by molar-refractivity contribution is 5.80. The van der Waals surface area contributed by atoms with Crippen LogP contribution in [-0.2, 0) is 4.79 Å². The molecule has 4 nitrogen and oxygen atoms in total. The van der Waals surface area contributed by atoms with Crippen molar-refractivity contribution in [2.75, 3.05) is 0 Å². The monoisotopic (exact) mass is 197 g/mol. The molecule has 1 fully saturated rings. The zero-order valence-corrected chi connectivity index (χ0v) is 8.15. The summed E-state index contributed by atoms with van der Waals surface area (Å²) in [5.41, 5.74) is 0. The average Bonchev–Trinajstić information content (AvgIpc) is 2.52. The van der Waals surface area contributed by atoms with Gasteiger partial charge < -0.3 is 0 Å². The first-order valence-corrected chi connectivity index (χ1v) is 4.91. The molecule has 1 rings (SSSR count). The third-order valence-electron chi connectivity index (χ3n) is 2.77. The van der Waals surface area contributed by atoms with Gasteiger partial charge in [0.1, 0.15) is 5.78 Å². The topological polar surface area (TPSA) is 60.2 Å². The zero-order chi connectivity index (χ0) is 10.6. The predicted molar refractivity (Wildman–Crippen MR) is 52.6 cm³/mol. The van der Waals surface area contributed by atoms with Crippen LogP contribution in [0.4, 0.5) is 0 Å². The van der Waals surface area contributed by atoms with Crippen LogP contribution in [0.25, 0.3) is 0 Å². The summed E-state index contributed by atoms with van der Waals surface area (Å²) >= 11 is 0. The molecule has 78 valence electrons. The minimum absolute atomic E-state index is 0.0440. The van der Waals surface area contributed by atoms with Gasteiger partial charge in [-0.25, -0.2) is 0 Å². The summed E-state index contributed by atoms with van der Waals surface area (Å²) in [6, 6.07) is -0.556. The zero-order valence-electron chi connectivity index (χ0n) is 8.15. The molecule has 0 radical (unpaired) electrons. The third-order valence-corrected chi connectivity index (χ3v) is 2.77. The lowest BCUT2D eigenvalue weighted by atomic mass is 9.95. The van der Waals surface area contributed by atoms with E-state index in [-0.39, 0.29) is 16.6 Å². The Labute approximate surface area is 83.1 Å². The van der Waals surface area contributed by atoms with Gasteiger partial charge in [-0.3, -0.25) is 14.9 Å². The molecule has 1 unspecified atom stereocenters. The fourth-order valence-corrected chi connectivity index (χ4v) is 1.97. The van der Waals surface area contributed by atoms with Crippen LogP contribution in [0.2, 0.25) is 0 Å². The number of nitro groups is 1. The van der Waals surface area contributed by atoms with Crippen molar-refractivity contribution in [1.82, 2.24) is 0 Å². The van der Waals surface area contributed by atoms with Crippen LogP contribution in [0.1, 0.15) is 32.1 Å². The molecule has 0 aromatic carbocycles.